The molecule has 0 amide bonds. The molecule has 7 heteroatoms. The molecule has 5 nitrogen and oxygen atoms in total. The van der Waals surface area contributed by atoms with Crippen molar-refractivity contribution in [1.82, 2.24) is 0 Å². The summed E-state index contributed by atoms with van der Waals surface area (Å²) in [6.45, 7) is 3.87. The van der Waals surface area contributed by atoms with Crippen molar-refractivity contribution in [1.29, 1.82) is 0 Å². The number of nitro groups is 1. The largest absolute Gasteiger partial charge is 0.269 e. The second-order valence-electron chi connectivity index (χ2n) is 6.48. The van der Waals surface area contributed by atoms with Gasteiger partial charge in [-0.2, -0.15) is 0 Å². The lowest BCUT2D eigenvalue weighted by molar-refractivity contribution is -0.384. The van der Waals surface area contributed by atoms with Crippen LogP contribution in [0.5, 0.6) is 0 Å². The van der Waals surface area contributed by atoms with Gasteiger partial charge >= 0.3 is 0 Å². The van der Waals surface area contributed by atoms with Gasteiger partial charge in [0, 0.05) is 21.9 Å². The Labute approximate surface area is 174 Å². The zero-order valence-electron chi connectivity index (χ0n) is 15.9. The van der Waals surface area contributed by atoms with Crippen LogP contribution in [0.15, 0.2) is 86.8 Å². The molecule has 0 fully saturated rings. The maximum absolute atomic E-state index is 13.3. The maximum atomic E-state index is 13.3. The van der Waals surface area contributed by atoms with E-state index in [9.17, 15) is 18.5 Å². The van der Waals surface area contributed by atoms with Crippen molar-refractivity contribution in [2.24, 2.45) is 0 Å². The Hall–Kier alpha value is -2.90. The Bertz CT molecular complexity index is 1040. The SMILES string of the molecule is Cc1ccc(S(=O)C(=Cc2ccc([N+](=O)[O-])cc2)S(=O)c2ccc(C)cc2)cc1. The van der Waals surface area contributed by atoms with Crippen LogP contribution in [0.3, 0.4) is 0 Å². The molecule has 0 saturated heterocycles. The van der Waals surface area contributed by atoms with Crippen molar-refractivity contribution >= 4 is 33.4 Å². The van der Waals surface area contributed by atoms with E-state index in [1.54, 1.807) is 42.5 Å². The van der Waals surface area contributed by atoms with Gasteiger partial charge in [-0.3, -0.25) is 10.1 Å². The molecule has 29 heavy (non-hydrogen) atoms. The number of hydrogen-bond donors (Lipinski definition) is 0. The van der Waals surface area contributed by atoms with E-state index in [0.717, 1.165) is 11.1 Å². The van der Waals surface area contributed by atoms with Crippen molar-refractivity contribution in [2.45, 2.75) is 23.6 Å². The summed E-state index contributed by atoms with van der Waals surface area (Å²) < 4.78 is 26.7. The number of hydrogen-bond acceptors (Lipinski definition) is 4. The van der Waals surface area contributed by atoms with E-state index in [-0.39, 0.29) is 9.92 Å². The fourth-order valence-corrected chi connectivity index (χ4v) is 5.40. The lowest BCUT2D eigenvalue weighted by Gasteiger charge is -2.09. The molecule has 0 aliphatic heterocycles. The second-order valence-corrected chi connectivity index (χ2v) is 9.63. The first-order valence-electron chi connectivity index (χ1n) is 8.78. The summed E-state index contributed by atoms with van der Waals surface area (Å²) in [6, 6.07) is 20.3. The van der Waals surface area contributed by atoms with E-state index >= 15 is 0 Å². The number of rotatable bonds is 6. The lowest BCUT2D eigenvalue weighted by atomic mass is 10.2. The van der Waals surface area contributed by atoms with Crippen LogP contribution in [0.25, 0.3) is 6.08 Å². The monoisotopic (exact) mass is 425 g/mol. The molecule has 2 unspecified atom stereocenters. The first-order chi connectivity index (χ1) is 13.8. The first kappa shape index (κ1) is 20.8. The van der Waals surface area contributed by atoms with Crippen LogP contribution in [0.4, 0.5) is 5.69 Å². The molecule has 0 spiro atoms. The minimum atomic E-state index is -1.65. The Morgan fingerprint density at radius 3 is 1.55 bits per heavy atom. The van der Waals surface area contributed by atoms with Gasteiger partial charge < -0.3 is 0 Å². The summed E-state index contributed by atoms with van der Waals surface area (Å²) in [6.07, 6.45) is 1.58. The fourth-order valence-electron chi connectivity index (χ4n) is 2.56. The average molecular weight is 426 g/mol. The van der Waals surface area contributed by atoms with Crippen LogP contribution in [0.2, 0.25) is 0 Å². The minimum Gasteiger partial charge on any atom is -0.258 e. The van der Waals surface area contributed by atoms with Crippen LogP contribution in [0.1, 0.15) is 16.7 Å². The Morgan fingerprint density at radius 2 is 1.17 bits per heavy atom. The summed E-state index contributed by atoms with van der Waals surface area (Å²) in [5, 5.41) is 10.9. The van der Waals surface area contributed by atoms with Gasteiger partial charge in [-0.15, -0.1) is 0 Å². The molecule has 0 aliphatic rings. The molecular formula is C22H19NO4S2. The van der Waals surface area contributed by atoms with Crippen molar-refractivity contribution in [3.63, 3.8) is 0 Å². The molecule has 3 aromatic carbocycles. The summed E-state index contributed by atoms with van der Waals surface area (Å²) in [5.41, 5.74) is 2.62. The topological polar surface area (TPSA) is 77.3 Å². The normalized spacial score (nSPS) is 12.8. The highest BCUT2D eigenvalue weighted by molar-refractivity contribution is 8.08. The Morgan fingerprint density at radius 1 is 0.759 bits per heavy atom. The van der Waals surface area contributed by atoms with Gasteiger partial charge in [0.1, 0.15) is 4.24 Å². The molecule has 2 atom stereocenters. The smallest absolute Gasteiger partial charge is 0.258 e. The van der Waals surface area contributed by atoms with Crippen molar-refractivity contribution < 1.29 is 13.3 Å². The molecule has 0 radical (unpaired) electrons. The van der Waals surface area contributed by atoms with Gasteiger partial charge in [0.2, 0.25) is 0 Å². The van der Waals surface area contributed by atoms with E-state index in [2.05, 4.69) is 0 Å². The fraction of sp³-hybridized carbons (Fsp3) is 0.0909. The zero-order chi connectivity index (χ0) is 21.0. The Balaban J connectivity index is 2.05. The van der Waals surface area contributed by atoms with Crippen LogP contribution in [0, 0.1) is 24.0 Å². The van der Waals surface area contributed by atoms with E-state index in [4.69, 9.17) is 0 Å². The van der Waals surface area contributed by atoms with Gasteiger partial charge in [0.25, 0.3) is 5.69 Å². The molecule has 0 heterocycles. The summed E-state index contributed by atoms with van der Waals surface area (Å²) in [5.74, 6) is 0. The van der Waals surface area contributed by atoms with Crippen LogP contribution >= 0.6 is 0 Å². The number of non-ortho nitro benzene ring substituents is 1. The number of aryl methyl sites for hydroxylation is 2. The zero-order valence-corrected chi connectivity index (χ0v) is 17.5. The van der Waals surface area contributed by atoms with Crippen molar-refractivity contribution in [2.75, 3.05) is 0 Å². The van der Waals surface area contributed by atoms with Crippen molar-refractivity contribution in [3.05, 3.63) is 104 Å². The second kappa shape index (κ2) is 9.07. The number of benzene rings is 3. The molecule has 0 aliphatic carbocycles. The van der Waals surface area contributed by atoms with Crippen LogP contribution < -0.4 is 0 Å². The third-order valence-corrected chi connectivity index (χ3v) is 7.50. The first-order valence-corrected chi connectivity index (χ1v) is 11.1. The van der Waals surface area contributed by atoms with E-state index in [1.165, 1.54) is 12.1 Å². The van der Waals surface area contributed by atoms with E-state index in [1.807, 2.05) is 38.1 Å². The van der Waals surface area contributed by atoms with E-state index < -0.39 is 26.5 Å². The van der Waals surface area contributed by atoms with Crippen LogP contribution in [-0.4, -0.2) is 13.3 Å². The molecule has 3 aromatic rings. The molecular weight excluding hydrogens is 406 g/mol. The molecule has 0 saturated carbocycles. The van der Waals surface area contributed by atoms with Gasteiger partial charge in [0.05, 0.1) is 26.5 Å². The van der Waals surface area contributed by atoms with Crippen LogP contribution in [-0.2, 0) is 21.6 Å². The average Bonchev–Trinajstić information content (AvgIpc) is 2.72. The molecule has 148 valence electrons. The predicted octanol–water partition coefficient (Wildman–Crippen LogP) is 5.13. The van der Waals surface area contributed by atoms with Crippen molar-refractivity contribution in [3.8, 4) is 0 Å². The summed E-state index contributed by atoms with van der Waals surface area (Å²) in [4.78, 5) is 11.5. The highest BCUT2D eigenvalue weighted by Gasteiger charge is 2.19. The molecule has 0 N–H and O–H groups in total. The van der Waals surface area contributed by atoms with Gasteiger partial charge in [0.15, 0.2) is 0 Å². The standard InChI is InChI=1S/C22H19NO4S2/c1-16-3-11-20(12-4-16)28(26)22(29(27)21-13-5-17(2)6-14-21)15-18-7-9-19(10-8-18)23(24)25/h3-15H,1-2H3. The molecule has 3 rings (SSSR count). The van der Waals surface area contributed by atoms with Gasteiger partial charge in [-0.05, 0) is 61.9 Å². The molecule has 0 aromatic heterocycles. The minimum absolute atomic E-state index is 0.0389. The third kappa shape index (κ3) is 5.13. The number of nitrogens with zero attached hydrogens (tertiary/aromatic N) is 1. The predicted molar refractivity (Wildman–Crippen MR) is 116 cm³/mol. The van der Waals surface area contributed by atoms with Gasteiger partial charge in [-0.1, -0.05) is 35.4 Å². The maximum Gasteiger partial charge on any atom is 0.269 e. The lowest BCUT2D eigenvalue weighted by Crippen LogP contribution is -2.04. The third-order valence-electron chi connectivity index (χ3n) is 4.22. The quantitative estimate of drug-likeness (QED) is 0.405. The summed E-state index contributed by atoms with van der Waals surface area (Å²) in [7, 11) is -3.31. The van der Waals surface area contributed by atoms with Gasteiger partial charge in [-0.25, -0.2) is 8.42 Å². The highest BCUT2D eigenvalue weighted by Crippen LogP contribution is 2.26. The Kier molecular flexibility index (Phi) is 6.51. The summed E-state index contributed by atoms with van der Waals surface area (Å²) >= 11 is 0. The number of nitro benzene ring substituents is 1. The highest BCUT2D eigenvalue weighted by atomic mass is 32.2. The van der Waals surface area contributed by atoms with E-state index in [0.29, 0.717) is 15.4 Å². The molecule has 0 bridgehead atoms.